The van der Waals surface area contributed by atoms with Gasteiger partial charge in [-0.25, -0.2) is 0 Å². The third-order valence-corrected chi connectivity index (χ3v) is 4.69. The summed E-state index contributed by atoms with van der Waals surface area (Å²) in [5.41, 5.74) is 8.74. The summed E-state index contributed by atoms with van der Waals surface area (Å²) in [6.07, 6.45) is 0. The van der Waals surface area contributed by atoms with Crippen molar-refractivity contribution in [2.75, 3.05) is 5.43 Å². The highest BCUT2D eigenvalue weighted by Crippen LogP contribution is 2.29. The van der Waals surface area contributed by atoms with E-state index in [0.29, 0.717) is 0 Å². The molecule has 0 atom stereocenters. The molecule has 0 spiro atoms. The maximum absolute atomic E-state index is 4.88. The number of nitrogens with zero attached hydrogens (tertiary/aromatic N) is 1. The highest BCUT2D eigenvalue weighted by molar-refractivity contribution is 6.07. The molecule has 0 unspecified atom stereocenters. The van der Waals surface area contributed by atoms with Gasteiger partial charge in [0.25, 0.3) is 0 Å². The topological polar surface area (TPSA) is 24.4 Å². The molecule has 0 saturated heterocycles. The minimum absolute atomic E-state index is 0.0287. The summed E-state index contributed by atoms with van der Waals surface area (Å²) in [5, 5.41) is 4.88. The first-order valence-electron chi connectivity index (χ1n) is 9.46. The lowest BCUT2D eigenvalue weighted by atomic mass is 9.84. The summed E-state index contributed by atoms with van der Waals surface area (Å²) in [4.78, 5) is 0. The van der Waals surface area contributed by atoms with Crippen LogP contribution in [0.15, 0.2) is 126 Å². The predicted octanol–water partition coefficient (Wildman–Crippen LogP) is 6.33. The Hall–Kier alpha value is -3.65. The number of nitrogens with one attached hydrogen (secondary N) is 1. The summed E-state index contributed by atoms with van der Waals surface area (Å²) in [5.74, 6) is 0.0287. The molecule has 0 aromatic heterocycles. The quantitative estimate of drug-likeness (QED) is 0.314. The van der Waals surface area contributed by atoms with Crippen molar-refractivity contribution in [2.24, 2.45) is 5.10 Å². The second kappa shape index (κ2) is 8.83. The van der Waals surface area contributed by atoms with Gasteiger partial charge in [0.15, 0.2) is 0 Å². The first-order valence-corrected chi connectivity index (χ1v) is 9.46. The van der Waals surface area contributed by atoms with E-state index in [4.69, 9.17) is 5.10 Å². The van der Waals surface area contributed by atoms with Crippen LogP contribution >= 0.6 is 0 Å². The Balaban J connectivity index is 1.84. The first-order chi connectivity index (χ1) is 13.9. The Morgan fingerprint density at radius 1 is 0.536 bits per heavy atom. The molecule has 0 heterocycles. The predicted molar refractivity (Wildman–Crippen MR) is 118 cm³/mol. The Morgan fingerprint density at radius 2 is 0.964 bits per heavy atom. The van der Waals surface area contributed by atoms with Crippen molar-refractivity contribution in [3.8, 4) is 0 Å². The minimum Gasteiger partial charge on any atom is -0.278 e. The number of benzene rings is 4. The molecular weight excluding hydrogens is 340 g/mol. The molecule has 4 aromatic carbocycles. The van der Waals surface area contributed by atoms with Crippen LogP contribution in [0, 0.1) is 0 Å². The highest BCUT2D eigenvalue weighted by atomic mass is 15.3. The molecule has 0 bridgehead atoms. The fourth-order valence-corrected chi connectivity index (χ4v) is 3.34. The van der Waals surface area contributed by atoms with Crippen LogP contribution in [0.4, 0.5) is 5.69 Å². The van der Waals surface area contributed by atoms with Crippen molar-refractivity contribution in [2.45, 2.75) is 5.92 Å². The average Bonchev–Trinajstić information content (AvgIpc) is 2.79. The lowest BCUT2D eigenvalue weighted by molar-refractivity contribution is 1.06. The second-order valence-electron chi connectivity index (χ2n) is 6.60. The minimum atomic E-state index is 0.0287. The summed E-state index contributed by atoms with van der Waals surface area (Å²) < 4.78 is 0. The van der Waals surface area contributed by atoms with Gasteiger partial charge in [0, 0.05) is 0 Å². The van der Waals surface area contributed by atoms with E-state index in [-0.39, 0.29) is 5.92 Å². The summed E-state index contributed by atoms with van der Waals surface area (Å²) >= 11 is 0. The molecule has 0 radical (unpaired) electrons. The summed E-state index contributed by atoms with van der Waals surface area (Å²) in [6, 6.07) is 41.5. The van der Waals surface area contributed by atoms with Crippen molar-refractivity contribution in [1.82, 2.24) is 0 Å². The Kier molecular flexibility index (Phi) is 5.60. The fourth-order valence-electron chi connectivity index (χ4n) is 3.34. The SMILES string of the molecule is c1ccc(NN=C(c2ccccc2)C(c2ccccc2)c2ccccc2)cc1. The number of rotatable bonds is 6. The number of hydrogen-bond acceptors (Lipinski definition) is 2. The zero-order chi connectivity index (χ0) is 19.0. The molecular formula is C26H22N2. The van der Waals surface area contributed by atoms with Crippen molar-refractivity contribution >= 4 is 11.4 Å². The average molecular weight is 362 g/mol. The smallest absolute Gasteiger partial charge is 0.0798 e. The van der Waals surface area contributed by atoms with Crippen molar-refractivity contribution in [1.29, 1.82) is 0 Å². The molecule has 28 heavy (non-hydrogen) atoms. The van der Waals surface area contributed by atoms with Gasteiger partial charge >= 0.3 is 0 Å². The van der Waals surface area contributed by atoms with Crippen LogP contribution in [0.1, 0.15) is 22.6 Å². The Labute approximate surface area is 166 Å². The molecule has 0 fully saturated rings. The van der Waals surface area contributed by atoms with Gasteiger partial charge in [-0.1, -0.05) is 109 Å². The number of anilines is 1. The zero-order valence-electron chi connectivity index (χ0n) is 15.6. The lowest BCUT2D eigenvalue weighted by Crippen LogP contribution is -2.17. The highest BCUT2D eigenvalue weighted by Gasteiger charge is 2.22. The van der Waals surface area contributed by atoms with Crippen LogP contribution in [0.2, 0.25) is 0 Å². The van der Waals surface area contributed by atoms with E-state index in [1.54, 1.807) is 0 Å². The van der Waals surface area contributed by atoms with Crippen LogP contribution in [-0.2, 0) is 0 Å². The standard InChI is InChI=1S/C26H22N2/c1-5-13-21(14-6-1)25(22-15-7-2-8-16-22)26(23-17-9-3-10-18-23)28-27-24-19-11-4-12-20-24/h1-20,25,27H. The van der Waals surface area contributed by atoms with E-state index < -0.39 is 0 Å². The monoisotopic (exact) mass is 362 g/mol. The molecule has 4 rings (SSSR count). The largest absolute Gasteiger partial charge is 0.278 e. The van der Waals surface area contributed by atoms with Gasteiger partial charge in [0.2, 0.25) is 0 Å². The fraction of sp³-hybridized carbons (Fsp3) is 0.0385. The van der Waals surface area contributed by atoms with Gasteiger partial charge in [-0.15, -0.1) is 0 Å². The van der Waals surface area contributed by atoms with Crippen molar-refractivity contribution in [3.05, 3.63) is 138 Å². The number of hydrogen-bond donors (Lipinski definition) is 1. The maximum atomic E-state index is 4.88. The van der Waals surface area contributed by atoms with E-state index in [1.807, 2.05) is 48.5 Å². The maximum Gasteiger partial charge on any atom is 0.0798 e. The van der Waals surface area contributed by atoms with Crippen LogP contribution in [0.5, 0.6) is 0 Å². The Morgan fingerprint density at radius 3 is 1.46 bits per heavy atom. The summed E-state index contributed by atoms with van der Waals surface area (Å²) in [7, 11) is 0. The van der Waals surface area contributed by atoms with Crippen LogP contribution in [-0.4, -0.2) is 5.71 Å². The van der Waals surface area contributed by atoms with Crippen LogP contribution in [0.25, 0.3) is 0 Å². The third kappa shape index (κ3) is 4.18. The van der Waals surface area contributed by atoms with Gasteiger partial charge < -0.3 is 0 Å². The molecule has 4 aromatic rings. The van der Waals surface area contributed by atoms with E-state index in [1.165, 1.54) is 11.1 Å². The van der Waals surface area contributed by atoms with Gasteiger partial charge in [0.05, 0.1) is 17.3 Å². The number of para-hydroxylation sites is 1. The van der Waals surface area contributed by atoms with E-state index in [2.05, 4.69) is 78.2 Å². The molecule has 0 aliphatic heterocycles. The third-order valence-electron chi connectivity index (χ3n) is 4.69. The molecule has 2 heteroatoms. The van der Waals surface area contributed by atoms with Crippen molar-refractivity contribution < 1.29 is 0 Å². The van der Waals surface area contributed by atoms with Crippen LogP contribution < -0.4 is 5.43 Å². The molecule has 0 aliphatic carbocycles. The first kappa shape index (κ1) is 17.7. The molecule has 0 saturated carbocycles. The van der Waals surface area contributed by atoms with Crippen molar-refractivity contribution in [3.63, 3.8) is 0 Å². The molecule has 2 nitrogen and oxygen atoms in total. The molecule has 0 amide bonds. The van der Waals surface area contributed by atoms with Gasteiger partial charge in [-0.05, 0) is 28.8 Å². The van der Waals surface area contributed by atoms with E-state index >= 15 is 0 Å². The zero-order valence-corrected chi connectivity index (χ0v) is 15.6. The van der Waals surface area contributed by atoms with E-state index in [0.717, 1.165) is 17.0 Å². The second-order valence-corrected chi connectivity index (χ2v) is 6.60. The normalized spacial score (nSPS) is 11.4. The molecule has 1 N–H and O–H groups in total. The van der Waals surface area contributed by atoms with Gasteiger partial charge in [0.1, 0.15) is 0 Å². The van der Waals surface area contributed by atoms with Crippen LogP contribution in [0.3, 0.4) is 0 Å². The number of hydrazone groups is 1. The lowest BCUT2D eigenvalue weighted by Gasteiger charge is -2.21. The Bertz CT molecular complexity index is 972. The van der Waals surface area contributed by atoms with Gasteiger partial charge in [-0.2, -0.15) is 5.10 Å². The van der Waals surface area contributed by atoms with Gasteiger partial charge in [-0.3, -0.25) is 5.43 Å². The summed E-state index contributed by atoms with van der Waals surface area (Å²) in [6.45, 7) is 0. The molecule has 0 aliphatic rings. The van der Waals surface area contributed by atoms with E-state index in [9.17, 15) is 0 Å². The molecule has 136 valence electrons.